The smallest absolute Gasteiger partial charge is 0.408 e. The van der Waals surface area contributed by atoms with Crippen molar-refractivity contribution < 1.29 is 19.1 Å². The maximum absolute atomic E-state index is 12.5. The lowest BCUT2D eigenvalue weighted by molar-refractivity contribution is -0.143. The van der Waals surface area contributed by atoms with Gasteiger partial charge in [0.05, 0.1) is 7.11 Å². The summed E-state index contributed by atoms with van der Waals surface area (Å²) in [4.78, 5) is 24.9. The molecule has 5 rings (SSSR count). The van der Waals surface area contributed by atoms with E-state index < -0.39 is 23.7 Å². The van der Waals surface area contributed by atoms with Crippen LogP contribution in [-0.2, 0) is 20.7 Å². The van der Waals surface area contributed by atoms with Gasteiger partial charge < -0.3 is 14.8 Å². The summed E-state index contributed by atoms with van der Waals surface area (Å²) >= 11 is 0. The third-order valence-corrected chi connectivity index (χ3v) is 12.9. The lowest BCUT2D eigenvalue weighted by Crippen LogP contribution is -2.49. The van der Waals surface area contributed by atoms with Crippen molar-refractivity contribution in [1.29, 1.82) is 0 Å². The predicted octanol–water partition coefficient (Wildman–Crippen LogP) is 10.3. The van der Waals surface area contributed by atoms with E-state index in [0.717, 1.165) is 47.5 Å². The predicted molar refractivity (Wildman–Crippen MR) is 192 cm³/mol. The van der Waals surface area contributed by atoms with Gasteiger partial charge in [-0.3, -0.25) is 0 Å². The zero-order chi connectivity index (χ0) is 34.1. The van der Waals surface area contributed by atoms with Crippen molar-refractivity contribution in [2.75, 3.05) is 7.11 Å². The number of hydrogen-bond donors (Lipinski definition) is 1. The average Bonchev–Trinajstić information content (AvgIpc) is 3.36. The quantitative estimate of drug-likeness (QED) is 0.257. The number of esters is 1. The summed E-state index contributed by atoms with van der Waals surface area (Å²) in [5.41, 5.74) is 5.34. The first-order chi connectivity index (χ1) is 22.1. The monoisotopic (exact) mass is 645 g/mol. The number of allylic oxidation sites excluding steroid dienone is 4. The fourth-order valence-corrected chi connectivity index (χ4v) is 10.5. The Labute approximate surface area is 285 Å². The van der Waals surface area contributed by atoms with Gasteiger partial charge in [0.1, 0.15) is 11.6 Å². The number of amides is 1. The van der Waals surface area contributed by atoms with Gasteiger partial charge in [-0.25, -0.2) is 9.59 Å². The number of nitrogens with one attached hydrogen (secondary N) is 1. The minimum Gasteiger partial charge on any atom is -0.467 e. The van der Waals surface area contributed by atoms with Gasteiger partial charge in [-0.1, -0.05) is 90.3 Å². The molecule has 0 heterocycles. The van der Waals surface area contributed by atoms with Crippen molar-refractivity contribution in [2.24, 2.45) is 46.3 Å². The topological polar surface area (TPSA) is 64.6 Å². The van der Waals surface area contributed by atoms with Gasteiger partial charge >= 0.3 is 12.1 Å². The molecule has 0 aliphatic heterocycles. The molecule has 2 saturated carbocycles. The number of carbonyl (C=O) groups is 2. The van der Waals surface area contributed by atoms with Crippen LogP contribution in [-0.4, -0.2) is 30.8 Å². The summed E-state index contributed by atoms with van der Waals surface area (Å²) in [7, 11) is 1.34. The lowest BCUT2D eigenvalue weighted by Gasteiger charge is -2.57. The standard InChI is InChI=1S/C42H63NO4/c1-27(2)11-10-12-28(3)34-19-20-35-33-18-17-32-26-31(21-23-41(32,7)36(33)22-24-42(34,35)8)30-15-13-29(14-16-30)25-37(38(44)46-9)43-39(45)47-40(4,5)6/h13-17,26-28,33-37H,10-12,18-25H2,1-9H3,(H,43,45)/t28-,33+,34-,35+,36+,37+,41+,42-/m1/s1. The maximum Gasteiger partial charge on any atom is 0.408 e. The summed E-state index contributed by atoms with van der Waals surface area (Å²) in [6.07, 6.45) is 18.3. The molecule has 0 saturated heterocycles. The number of carbonyl (C=O) groups excluding carboxylic acids is 2. The SMILES string of the molecule is COC(=O)[C@H](Cc1ccc(C2=CC3=CC[C@H]4[C@@H]5CC[C@H]([C@H](C)CCCC(C)C)[C@@]5(C)CC[C@@H]4[C@@]3(C)CC2)cc1)NC(=O)OC(C)(C)C. The number of ether oxygens (including phenoxy) is 2. The molecule has 0 bridgehead atoms. The highest BCUT2D eigenvalue weighted by Crippen LogP contribution is 2.67. The number of fused-ring (bicyclic) bond motifs is 5. The highest BCUT2D eigenvalue weighted by molar-refractivity contribution is 5.81. The Balaban J connectivity index is 1.26. The van der Waals surface area contributed by atoms with Gasteiger partial charge in [0, 0.05) is 6.42 Å². The van der Waals surface area contributed by atoms with Crippen LogP contribution in [0.15, 0.2) is 42.0 Å². The van der Waals surface area contributed by atoms with Crippen LogP contribution >= 0.6 is 0 Å². The van der Waals surface area contributed by atoms with Gasteiger partial charge in [-0.15, -0.1) is 0 Å². The molecule has 1 N–H and O–H groups in total. The molecule has 0 unspecified atom stereocenters. The summed E-state index contributed by atoms with van der Waals surface area (Å²) in [6, 6.07) is 7.68. The molecular formula is C42H63NO4. The molecule has 1 aromatic carbocycles. The second-order valence-corrected chi connectivity index (χ2v) is 17.5. The first-order valence-electron chi connectivity index (χ1n) is 18.7. The average molecular weight is 646 g/mol. The highest BCUT2D eigenvalue weighted by Gasteiger charge is 2.58. The Kier molecular flexibility index (Phi) is 10.7. The maximum atomic E-state index is 12.5. The fourth-order valence-electron chi connectivity index (χ4n) is 10.5. The number of hydrogen-bond acceptors (Lipinski definition) is 4. The number of methoxy groups -OCH3 is 1. The van der Waals surface area contributed by atoms with Crippen LogP contribution in [0.4, 0.5) is 4.79 Å². The molecular weight excluding hydrogens is 582 g/mol. The van der Waals surface area contributed by atoms with E-state index in [4.69, 9.17) is 9.47 Å². The number of rotatable bonds is 10. The van der Waals surface area contributed by atoms with Crippen molar-refractivity contribution in [3.05, 3.63) is 53.1 Å². The van der Waals surface area contributed by atoms with Crippen LogP contribution in [0.5, 0.6) is 0 Å². The molecule has 8 atom stereocenters. The Morgan fingerprint density at radius 2 is 1.70 bits per heavy atom. The highest BCUT2D eigenvalue weighted by atomic mass is 16.6. The summed E-state index contributed by atoms with van der Waals surface area (Å²) in [5, 5.41) is 2.69. The lowest BCUT2D eigenvalue weighted by atomic mass is 9.47. The zero-order valence-electron chi connectivity index (χ0n) is 30.9. The second kappa shape index (κ2) is 14.1. The van der Waals surface area contributed by atoms with E-state index in [2.05, 4.69) is 76.4 Å². The Hall–Kier alpha value is -2.56. The van der Waals surface area contributed by atoms with Crippen molar-refractivity contribution >= 4 is 17.6 Å². The van der Waals surface area contributed by atoms with Crippen molar-refractivity contribution in [3.8, 4) is 0 Å². The van der Waals surface area contributed by atoms with Crippen molar-refractivity contribution in [2.45, 2.75) is 138 Å². The molecule has 5 heteroatoms. The van der Waals surface area contributed by atoms with Gasteiger partial charge in [-0.2, -0.15) is 0 Å². The van der Waals surface area contributed by atoms with Gasteiger partial charge in [0.15, 0.2) is 0 Å². The van der Waals surface area contributed by atoms with E-state index in [-0.39, 0.29) is 5.41 Å². The minimum absolute atomic E-state index is 0.274. The fraction of sp³-hybridized carbons (Fsp3) is 0.714. The minimum atomic E-state index is -0.809. The molecule has 47 heavy (non-hydrogen) atoms. The van der Waals surface area contributed by atoms with Gasteiger partial charge in [0.25, 0.3) is 0 Å². The molecule has 4 aliphatic carbocycles. The van der Waals surface area contributed by atoms with E-state index in [9.17, 15) is 9.59 Å². The van der Waals surface area contributed by atoms with Crippen molar-refractivity contribution in [3.63, 3.8) is 0 Å². The van der Waals surface area contributed by atoms with E-state index in [1.807, 2.05) is 0 Å². The molecule has 4 aliphatic rings. The molecule has 5 nitrogen and oxygen atoms in total. The molecule has 0 spiro atoms. The molecule has 0 radical (unpaired) electrons. The van der Waals surface area contributed by atoms with Crippen LogP contribution in [0.3, 0.4) is 0 Å². The zero-order valence-corrected chi connectivity index (χ0v) is 30.9. The Bertz CT molecular complexity index is 1340. The largest absolute Gasteiger partial charge is 0.467 e. The molecule has 1 amide bonds. The van der Waals surface area contributed by atoms with Crippen LogP contribution < -0.4 is 5.32 Å². The first-order valence-corrected chi connectivity index (χ1v) is 18.7. The Morgan fingerprint density at radius 1 is 0.979 bits per heavy atom. The molecule has 1 aromatic rings. The molecule has 2 fully saturated rings. The third kappa shape index (κ3) is 7.70. The van der Waals surface area contributed by atoms with Crippen LogP contribution in [0.1, 0.15) is 131 Å². The first kappa shape index (κ1) is 35.7. The summed E-state index contributed by atoms with van der Waals surface area (Å²) < 4.78 is 10.3. The van der Waals surface area contributed by atoms with E-state index in [0.29, 0.717) is 11.8 Å². The van der Waals surface area contributed by atoms with E-state index >= 15 is 0 Å². The molecule has 0 aromatic heterocycles. The van der Waals surface area contributed by atoms with Crippen LogP contribution in [0.2, 0.25) is 0 Å². The van der Waals surface area contributed by atoms with Crippen molar-refractivity contribution in [1.82, 2.24) is 5.32 Å². The van der Waals surface area contributed by atoms with Crippen LogP contribution in [0.25, 0.3) is 5.57 Å². The van der Waals surface area contributed by atoms with Gasteiger partial charge in [-0.05, 0) is 134 Å². The number of alkyl carbamates (subject to hydrolysis) is 1. The Morgan fingerprint density at radius 3 is 2.36 bits per heavy atom. The van der Waals surface area contributed by atoms with E-state index in [1.54, 1.807) is 26.3 Å². The molecule has 260 valence electrons. The summed E-state index contributed by atoms with van der Waals surface area (Å²) in [6.45, 7) is 18.0. The number of benzene rings is 1. The summed E-state index contributed by atoms with van der Waals surface area (Å²) in [5.74, 6) is 4.60. The van der Waals surface area contributed by atoms with Gasteiger partial charge in [0.2, 0.25) is 0 Å². The normalized spacial score (nSPS) is 31.4. The second-order valence-electron chi connectivity index (χ2n) is 17.5. The third-order valence-electron chi connectivity index (χ3n) is 12.9. The van der Waals surface area contributed by atoms with E-state index in [1.165, 1.54) is 76.0 Å². The van der Waals surface area contributed by atoms with Crippen LogP contribution in [0, 0.1) is 46.3 Å².